The van der Waals surface area contributed by atoms with Gasteiger partial charge in [0, 0.05) is 18.7 Å². The van der Waals surface area contributed by atoms with Crippen LogP contribution >= 0.6 is 0 Å². The molecule has 2 aromatic carbocycles. The Bertz CT molecular complexity index is 743. The number of benzene rings is 2. The minimum Gasteiger partial charge on any atom is -0.386 e. The van der Waals surface area contributed by atoms with Gasteiger partial charge in [-0.3, -0.25) is 10.1 Å². The summed E-state index contributed by atoms with van der Waals surface area (Å²) in [6.45, 7) is 0.228. The SMILES string of the molecule is CNCc1cc([N+](=O)[O-])ccc1C(=O)OC(=O)c1ccccc1. The molecule has 0 saturated heterocycles. The van der Waals surface area contributed by atoms with E-state index in [1.165, 1.54) is 30.3 Å². The van der Waals surface area contributed by atoms with Gasteiger partial charge in [-0.25, -0.2) is 9.59 Å². The average molecular weight is 314 g/mol. The normalized spacial score (nSPS) is 10.1. The first-order valence-electron chi connectivity index (χ1n) is 6.76. The maximum absolute atomic E-state index is 12.2. The van der Waals surface area contributed by atoms with Gasteiger partial charge in [0.1, 0.15) is 0 Å². The molecule has 0 fully saturated rings. The number of nitro groups is 1. The third kappa shape index (κ3) is 3.98. The lowest BCUT2D eigenvalue weighted by Crippen LogP contribution is -2.17. The molecule has 7 heteroatoms. The molecule has 0 aliphatic carbocycles. The predicted octanol–water partition coefficient (Wildman–Crippen LogP) is 2.31. The van der Waals surface area contributed by atoms with Crippen LogP contribution in [0.15, 0.2) is 48.5 Å². The van der Waals surface area contributed by atoms with Crippen molar-refractivity contribution in [3.8, 4) is 0 Å². The number of nitrogens with zero attached hydrogens (tertiary/aromatic N) is 1. The Kier molecular flexibility index (Phi) is 5.16. The molecule has 0 radical (unpaired) electrons. The fraction of sp³-hybridized carbons (Fsp3) is 0.125. The molecular formula is C16H14N2O5. The van der Waals surface area contributed by atoms with Crippen LogP contribution in [0.1, 0.15) is 26.3 Å². The van der Waals surface area contributed by atoms with Crippen molar-refractivity contribution in [3.63, 3.8) is 0 Å². The molecule has 0 aliphatic rings. The van der Waals surface area contributed by atoms with Gasteiger partial charge in [-0.1, -0.05) is 18.2 Å². The van der Waals surface area contributed by atoms with Gasteiger partial charge in [-0.05, 0) is 30.8 Å². The quantitative estimate of drug-likeness (QED) is 0.393. The molecule has 0 aromatic heterocycles. The number of non-ortho nitro benzene ring substituents is 1. The topological polar surface area (TPSA) is 98.5 Å². The highest BCUT2D eigenvalue weighted by molar-refractivity contribution is 6.03. The zero-order valence-electron chi connectivity index (χ0n) is 12.3. The number of nitro benzene ring substituents is 1. The van der Waals surface area contributed by atoms with Crippen molar-refractivity contribution < 1.29 is 19.2 Å². The largest absolute Gasteiger partial charge is 0.386 e. The lowest BCUT2D eigenvalue weighted by atomic mass is 10.1. The van der Waals surface area contributed by atoms with Crippen molar-refractivity contribution in [3.05, 3.63) is 75.3 Å². The summed E-state index contributed by atoms with van der Waals surface area (Å²) in [7, 11) is 1.64. The van der Waals surface area contributed by atoms with Crippen molar-refractivity contribution in [1.82, 2.24) is 5.32 Å². The molecule has 0 spiro atoms. The Balaban J connectivity index is 2.24. The van der Waals surface area contributed by atoms with Gasteiger partial charge in [-0.15, -0.1) is 0 Å². The number of nitrogens with one attached hydrogen (secondary N) is 1. The van der Waals surface area contributed by atoms with E-state index in [0.29, 0.717) is 5.56 Å². The lowest BCUT2D eigenvalue weighted by molar-refractivity contribution is -0.384. The second-order valence-electron chi connectivity index (χ2n) is 4.67. The molecule has 118 valence electrons. The Morgan fingerprint density at radius 2 is 1.83 bits per heavy atom. The summed E-state index contributed by atoms with van der Waals surface area (Å²) in [5, 5.41) is 13.6. The maximum atomic E-state index is 12.2. The number of hydrogen-bond acceptors (Lipinski definition) is 6. The Labute approximate surface area is 132 Å². The smallest absolute Gasteiger partial charge is 0.346 e. The predicted molar refractivity (Wildman–Crippen MR) is 82.0 cm³/mol. The van der Waals surface area contributed by atoms with Gasteiger partial charge in [0.25, 0.3) is 5.69 Å². The molecule has 0 aliphatic heterocycles. The average Bonchev–Trinajstić information content (AvgIpc) is 2.55. The molecule has 2 rings (SSSR count). The third-order valence-corrected chi connectivity index (χ3v) is 3.08. The molecule has 1 N–H and O–H groups in total. The Hall–Kier alpha value is -3.06. The van der Waals surface area contributed by atoms with E-state index in [1.54, 1.807) is 25.2 Å². The number of carbonyl (C=O) groups excluding carboxylic acids is 2. The first-order chi connectivity index (χ1) is 11.0. The first-order valence-corrected chi connectivity index (χ1v) is 6.76. The van der Waals surface area contributed by atoms with E-state index in [4.69, 9.17) is 4.74 Å². The van der Waals surface area contributed by atoms with Crippen molar-refractivity contribution in [2.45, 2.75) is 6.54 Å². The molecule has 0 amide bonds. The van der Waals surface area contributed by atoms with E-state index in [2.05, 4.69) is 5.32 Å². The molecule has 0 saturated carbocycles. The second-order valence-corrected chi connectivity index (χ2v) is 4.67. The fourth-order valence-electron chi connectivity index (χ4n) is 2.00. The van der Waals surface area contributed by atoms with Gasteiger partial charge in [0.15, 0.2) is 0 Å². The Morgan fingerprint density at radius 1 is 1.13 bits per heavy atom. The summed E-state index contributed by atoms with van der Waals surface area (Å²) >= 11 is 0. The monoisotopic (exact) mass is 314 g/mol. The highest BCUT2D eigenvalue weighted by atomic mass is 16.6. The van der Waals surface area contributed by atoms with Gasteiger partial charge >= 0.3 is 11.9 Å². The van der Waals surface area contributed by atoms with Crippen LogP contribution in [0.3, 0.4) is 0 Å². The summed E-state index contributed by atoms with van der Waals surface area (Å²) in [6.07, 6.45) is 0. The molecule has 23 heavy (non-hydrogen) atoms. The number of esters is 2. The summed E-state index contributed by atoms with van der Waals surface area (Å²) in [6, 6.07) is 11.9. The number of rotatable bonds is 5. The van der Waals surface area contributed by atoms with Crippen LogP contribution in [0.25, 0.3) is 0 Å². The molecule has 2 aromatic rings. The summed E-state index contributed by atoms with van der Waals surface area (Å²) in [4.78, 5) is 34.3. The zero-order chi connectivity index (χ0) is 16.8. The van der Waals surface area contributed by atoms with E-state index < -0.39 is 16.9 Å². The molecule has 0 unspecified atom stereocenters. The van der Waals surface area contributed by atoms with Crippen molar-refractivity contribution >= 4 is 17.6 Å². The molecule has 0 heterocycles. The van der Waals surface area contributed by atoms with Gasteiger partial charge in [0.05, 0.1) is 16.1 Å². The third-order valence-electron chi connectivity index (χ3n) is 3.08. The molecule has 0 atom stereocenters. The van der Waals surface area contributed by atoms with E-state index in [-0.39, 0.29) is 23.4 Å². The highest BCUT2D eigenvalue weighted by Crippen LogP contribution is 2.19. The van der Waals surface area contributed by atoms with Crippen molar-refractivity contribution in [2.75, 3.05) is 7.05 Å². The second kappa shape index (κ2) is 7.28. The highest BCUT2D eigenvalue weighted by Gasteiger charge is 2.20. The van der Waals surface area contributed by atoms with Gasteiger partial charge in [0.2, 0.25) is 0 Å². The summed E-state index contributed by atoms with van der Waals surface area (Å²) in [5.74, 6) is -1.62. The van der Waals surface area contributed by atoms with Gasteiger partial charge in [-0.2, -0.15) is 0 Å². The van der Waals surface area contributed by atoms with Gasteiger partial charge < -0.3 is 10.1 Å². The number of ether oxygens (including phenoxy) is 1. The molecule has 0 bridgehead atoms. The van der Waals surface area contributed by atoms with Crippen LogP contribution in [0.5, 0.6) is 0 Å². The van der Waals surface area contributed by atoms with Crippen LogP contribution in [-0.4, -0.2) is 23.9 Å². The standard InChI is InChI=1S/C16H14N2O5/c1-17-10-12-9-13(18(21)22)7-8-14(12)16(20)23-15(19)11-5-3-2-4-6-11/h2-9,17H,10H2,1H3. The summed E-state index contributed by atoms with van der Waals surface area (Å²) in [5.41, 5.74) is 0.598. The van der Waals surface area contributed by atoms with Crippen LogP contribution in [0.4, 0.5) is 5.69 Å². The van der Waals surface area contributed by atoms with Crippen molar-refractivity contribution in [1.29, 1.82) is 0 Å². The van der Waals surface area contributed by atoms with Crippen LogP contribution < -0.4 is 5.32 Å². The minimum absolute atomic E-state index is 0.106. The van der Waals surface area contributed by atoms with E-state index in [0.717, 1.165) is 0 Å². The summed E-state index contributed by atoms with van der Waals surface area (Å²) < 4.78 is 4.83. The van der Waals surface area contributed by atoms with Crippen molar-refractivity contribution in [2.24, 2.45) is 0 Å². The van der Waals surface area contributed by atoms with Crippen LogP contribution in [-0.2, 0) is 11.3 Å². The van der Waals surface area contributed by atoms with E-state index in [9.17, 15) is 19.7 Å². The van der Waals surface area contributed by atoms with E-state index in [1.807, 2.05) is 0 Å². The fourth-order valence-corrected chi connectivity index (χ4v) is 2.00. The van der Waals surface area contributed by atoms with E-state index >= 15 is 0 Å². The number of hydrogen-bond donors (Lipinski definition) is 1. The molecule has 7 nitrogen and oxygen atoms in total. The van der Waals surface area contributed by atoms with Crippen LogP contribution in [0, 0.1) is 10.1 Å². The first kappa shape index (κ1) is 16.3. The number of carbonyl (C=O) groups is 2. The minimum atomic E-state index is -0.848. The maximum Gasteiger partial charge on any atom is 0.346 e. The Morgan fingerprint density at radius 3 is 2.43 bits per heavy atom. The molecular weight excluding hydrogens is 300 g/mol. The van der Waals surface area contributed by atoms with Crippen LogP contribution in [0.2, 0.25) is 0 Å². The lowest BCUT2D eigenvalue weighted by Gasteiger charge is -2.08. The zero-order valence-corrected chi connectivity index (χ0v) is 12.3.